The molecule has 1 aromatic heterocycles. The Balaban J connectivity index is 1.39. The van der Waals surface area contributed by atoms with Crippen LogP contribution in [0.4, 0.5) is 0 Å². The van der Waals surface area contributed by atoms with Crippen LogP contribution in [0.2, 0.25) is 0 Å². The number of fused-ring (bicyclic) bond motifs is 1. The SMILES string of the molecule is Cc1cc(=O)oc2cc(CN3CCC(N4CCSCC4)CC3)ccc12. The zero-order valence-corrected chi connectivity index (χ0v) is 15.7. The summed E-state index contributed by atoms with van der Waals surface area (Å²) < 4.78 is 5.39. The molecule has 2 aromatic rings. The lowest BCUT2D eigenvalue weighted by Crippen LogP contribution is -2.47. The highest BCUT2D eigenvalue weighted by Gasteiger charge is 2.25. The van der Waals surface area contributed by atoms with Crippen molar-refractivity contribution in [1.82, 2.24) is 9.80 Å². The van der Waals surface area contributed by atoms with Crippen molar-refractivity contribution in [2.75, 3.05) is 37.7 Å². The highest BCUT2D eigenvalue weighted by atomic mass is 32.2. The molecule has 0 atom stereocenters. The largest absolute Gasteiger partial charge is 0.423 e. The van der Waals surface area contributed by atoms with Crippen molar-refractivity contribution in [3.8, 4) is 0 Å². The minimum atomic E-state index is -0.261. The normalized spacial score (nSPS) is 21.0. The van der Waals surface area contributed by atoms with E-state index in [2.05, 4.69) is 33.7 Å². The topological polar surface area (TPSA) is 36.7 Å². The zero-order chi connectivity index (χ0) is 17.2. The molecule has 0 radical (unpaired) electrons. The van der Waals surface area contributed by atoms with Crippen molar-refractivity contribution in [3.63, 3.8) is 0 Å². The van der Waals surface area contributed by atoms with E-state index in [0.717, 1.165) is 36.6 Å². The molecule has 4 nitrogen and oxygen atoms in total. The molecule has 2 aliphatic heterocycles. The van der Waals surface area contributed by atoms with E-state index in [1.54, 1.807) is 6.07 Å². The lowest BCUT2D eigenvalue weighted by atomic mass is 10.0. The lowest BCUT2D eigenvalue weighted by molar-refractivity contribution is 0.112. The molecule has 0 aliphatic carbocycles. The van der Waals surface area contributed by atoms with Crippen molar-refractivity contribution in [1.29, 1.82) is 0 Å². The Bertz CT molecular complexity index is 790. The number of aryl methyl sites for hydroxylation is 1. The lowest BCUT2D eigenvalue weighted by Gasteiger charge is -2.40. The van der Waals surface area contributed by atoms with E-state index in [1.165, 1.54) is 43.0 Å². The number of thioether (sulfide) groups is 1. The summed E-state index contributed by atoms with van der Waals surface area (Å²) in [5, 5.41) is 1.03. The van der Waals surface area contributed by atoms with Gasteiger partial charge in [-0.05, 0) is 50.0 Å². The smallest absolute Gasteiger partial charge is 0.336 e. The molecule has 5 heteroatoms. The monoisotopic (exact) mass is 358 g/mol. The molecular weight excluding hydrogens is 332 g/mol. The number of likely N-dealkylation sites (tertiary alicyclic amines) is 1. The van der Waals surface area contributed by atoms with Crippen LogP contribution in [0.1, 0.15) is 24.0 Å². The summed E-state index contributed by atoms with van der Waals surface area (Å²) in [6.07, 6.45) is 2.54. The number of rotatable bonds is 3. The van der Waals surface area contributed by atoms with Gasteiger partial charge in [0, 0.05) is 48.6 Å². The number of hydrogen-bond acceptors (Lipinski definition) is 5. The summed E-state index contributed by atoms with van der Waals surface area (Å²) in [4.78, 5) is 16.8. The van der Waals surface area contributed by atoms with Crippen LogP contribution in [0.3, 0.4) is 0 Å². The van der Waals surface area contributed by atoms with Gasteiger partial charge < -0.3 is 4.42 Å². The summed E-state index contributed by atoms with van der Waals surface area (Å²) in [7, 11) is 0. The fourth-order valence-corrected chi connectivity index (χ4v) is 5.04. The van der Waals surface area contributed by atoms with Crippen molar-refractivity contribution in [2.24, 2.45) is 0 Å². The zero-order valence-electron chi connectivity index (χ0n) is 14.9. The molecule has 3 heterocycles. The predicted molar refractivity (Wildman–Crippen MR) is 104 cm³/mol. The van der Waals surface area contributed by atoms with E-state index in [1.807, 2.05) is 13.0 Å². The quantitative estimate of drug-likeness (QED) is 0.788. The van der Waals surface area contributed by atoms with Gasteiger partial charge in [0.1, 0.15) is 5.58 Å². The van der Waals surface area contributed by atoms with E-state index in [-0.39, 0.29) is 5.63 Å². The molecule has 0 amide bonds. The van der Waals surface area contributed by atoms with E-state index < -0.39 is 0 Å². The fourth-order valence-electron chi connectivity index (χ4n) is 4.11. The van der Waals surface area contributed by atoms with Crippen LogP contribution in [0, 0.1) is 6.92 Å². The van der Waals surface area contributed by atoms with Crippen LogP contribution in [-0.4, -0.2) is 53.5 Å². The first-order valence-corrected chi connectivity index (χ1v) is 10.4. The van der Waals surface area contributed by atoms with Gasteiger partial charge in [-0.2, -0.15) is 11.8 Å². The van der Waals surface area contributed by atoms with Crippen LogP contribution in [0.15, 0.2) is 33.5 Å². The van der Waals surface area contributed by atoms with E-state index >= 15 is 0 Å². The van der Waals surface area contributed by atoms with Gasteiger partial charge in [0.2, 0.25) is 0 Å². The van der Waals surface area contributed by atoms with E-state index in [4.69, 9.17) is 4.42 Å². The second-order valence-corrected chi connectivity index (χ2v) is 8.46. The van der Waals surface area contributed by atoms with Crippen LogP contribution < -0.4 is 5.63 Å². The molecule has 2 saturated heterocycles. The van der Waals surface area contributed by atoms with Crippen molar-refractivity contribution in [3.05, 3.63) is 45.8 Å². The van der Waals surface area contributed by atoms with Gasteiger partial charge in [-0.3, -0.25) is 9.80 Å². The number of piperidine rings is 1. The number of nitrogens with zero attached hydrogens (tertiary/aromatic N) is 2. The molecule has 2 fully saturated rings. The molecule has 134 valence electrons. The maximum Gasteiger partial charge on any atom is 0.336 e. The molecule has 1 aromatic carbocycles. The molecule has 0 spiro atoms. The van der Waals surface area contributed by atoms with Crippen LogP contribution >= 0.6 is 11.8 Å². The van der Waals surface area contributed by atoms with Gasteiger partial charge in [-0.25, -0.2) is 4.79 Å². The highest BCUT2D eigenvalue weighted by Crippen LogP contribution is 2.23. The standard InChI is InChI=1S/C20H26N2O2S/c1-15-12-20(23)24-19-13-16(2-3-18(15)19)14-21-6-4-17(5-7-21)22-8-10-25-11-9-22/h2-3,12-13,17H,4-11,14H2,1H3. The summed E-state index contributed by atoms with van der Waals surface area (Å²) >= 11 is 2.08. The second-order valence-electron chi connectivity index (χ2n) is 7.23. The average Bonchev–Trinajstić information content (AvgIpc) is 2.63. The maximum atomic E-state index is 11.6. The number of hydrogen-bond donors (Lipinski definition) is 0. The third-order valence-electron chi connectivity index (χ3n) is 5.54. The molecule has 4 rings (SSSR count). The Morgan fingerprint density at radius 2 is 1.88 bits per heavy atom. The van der Waals surface area contributed by atoms with E-state index in [9.17, 15) is 4.79 Å². The summed E-state index contributed by atoms with van der Waals surface area (Å²) in [6, 6.07) is 8.63. The maximum absolute atomic E-state index is 11.6. The average molecular weight is 359 g/mol. The Labute approximate surface area is 153 Å². The summed E-state index contributed by atoms with van der Waals surface area (Å²) in [6.45, 7) is 7.74. The van der Waals surface area contributed by atoms with Gasteiger partial charge >= 0.3 is 5.63 Å². The van der Waals surface area contributed by atoms with E-state index in [0.29, 0.717) is 5.58 Å². The van der Waals surface area contributed by atoms with Crippen molar-refractivity contribution < 1.29 is 4.42 Å². The molecule has 2 aliphatic rings. The van der Waals surface area contributed by atoms with Gasteiger partial charge in [0.25, 0.3) is 0 Å². The third kappa shape index (κ3) is 3.94. The number of benzene rings is 1. The summed E-state index contributed by atoms with van der Waals surface area (Å²) in [5.41, 5.74) is 2.67. The van der Waals surface area contributed by atoms with Gasteiger partial charge in [0.15, 0.2) is 0 Å². The second kappa shape index (κ2) is 7.52. The Morgan fingerprint density at radius 3 is 2.64 bits per heavy atom. The Hall–Kier alpha value is -1.30. The van der Waals surface area contributed by atoms with Crippen LogP contribution in [-0.2, 0) is 6.54 Å². The van der Waals surface area contributed by atoms with Crippen molar-refractivity contribution in [2.45, 2.75) is 32.4 Å². The van der Waals surface area contributed by atoms with Gasteiger partial charge in [0.05, 0.1) is 0 Å². The van der Waals surface area contributed by atoms with Crippen LogP contribution in [0.5, 0.6) is 0 Å². The first-order chi connectivity index (χ1) is 12.2. The third-order valence-corrected chi connectivity index (χ3v) is 6.48. The molecule has 0 bridgehead atoms. The minimum absolute atomic E-state index is 0.261. The molecule has 0 saturated carbocycles. The first-order valence-electron chi connectivity index (χ1n) is 9.26. The Morgan fingerprint density at radius 1 is 1.12 bits per heavy atom. The highest BCUT2D eigenvalue weighted by molar-refractivity contribution is 7.99. The molecular formula is C20H26N2O2S. The van der Waals surface area contributed by atoms with Gasteiger partial charge in [-0.15, -0.1) is 0 Å². The first kappa shape index (κ1) is 17.1. The predicted octanol–water partition coefficient (Wildman–Crippen LogP) is 3.11. The molecule has 0 unspecified atom stereocenters. The summed E-state index contributed by atoms with van der Waals surface area (Å²) in [5.74, 6) is 2.59. The molecule has 25 heavy (non-hydrogen) atoms. The van der Waals surface area contributed by atoms with Crippen molar-refractivity contribution >= 4 is 22.7 Å². The molecule has 0 N–H and O–H groups in total. The fraction of sp³-hybridized carbons (Fsp3) is 0.550. The van der Waals surface area contributed by atoms with Crippen LogP contribution in [0.25, 0.3) is 11.0 Å². The minimum Gasteiger partial charge on any atom is -0.423 e. The van der Waals surface area contributed by atoms with Gasteiger partial charge in [-0.1, -0.05) is 12.1 Å². The Kier molecular flexibility index (Phi) is 5.15.